The van der Waals surface area contributed by atoms with E-state index >= 15 is 0 Å². The minimum absolute atomic E-state index is 0.177. The number of halogens is 1. The van der Waals surface area contributed by atoms with E-state index in [0.29, 0.717) is 9.26 Å². The Kier molecular flexibility index (Phi) is 2.22. The fraction of sp³-hybridized carbons (Fsp3) is 0. The molecule has 0 fully saturated rings. The fourth-order valence-electron chi connectivity index (χ4n) is 0.531. The Morgan fingerprint density at radius 2 is 2.36 bits per heavy atom. The number of pyridine rings is 1. The number of anilines is 1. The highest BCUT2D eigenvalue weighted by molar-refractivity contribution is 14.1. The summed E-state index contributed by atoms with van der Waals surface area (Å²) < 4.78 is 0.643. The van der Waals surface area contributed by atoms with Gasteiger partial charge < -0.3 is 15.8 Å². The van der Waals surface area contributed by atoms with E-state index in [1.807, 2.05) is 22.6 Å². The predicted molar refractivity (Wildman–Crippen MR) is 48.0 cm³/mol. The zero-order chi connectivity index (χ0) is 8.43. The van der Waals surface area contributed by atoms with Crippen LogP contribution in [0.5, 0.6) is 0 Å². The van der Waals surface area contributed by atoms with E-state index in [0.717, 1.165) is 0 Å². The van der Waals surface area contributed by atoms with E-state index in [-0.39, 0.29) is 5.82 Å². The van der Waals surface area contributed by atoms with Gasteiger partial charge in [0.05, 0.1) is 11.8 Å². The number of rotatable bonds is 1. The quantitative estimate of drug-likeness (QED) is 0.469. The number of hydrogen-bond donors (Lipinski definition) is 1. The molecule has 0 aliphatic heterocycles. The van der Waals surface area contributed by atoms with Gasteiger partial charge in [-0.15, -0.1) is 0 Å². The molecule has 0 bridgehead atoms. The Morgan fingerprint density at radius 3 is 2.82 bits per heavy atom. The molecule has 0 saturated carbocycles. The van der Waals surface area contributed by atoms with Crippen LogP contribution in [-0.4, -0.2) is 9.91 Å². The second-order valence-electron chi connectivity index (χ2n) is 1.82. The third-order valence-electron chi connectivity index (χ3n) is 1.05. The topological polar surface area (TPSA) is 82.0 Å². The Hall–Kier alpha value is -0.920. The lowest BCUT2D eigenvalue weighted by Crippen LogP contribution is -1.95. The molecule has 1 heterocycles. The first kappa shape index (κ1) is 8.18. The molecule has 0 saturated heterocycles. The van der Waals surface area contributed by atoms with Gasteiger partial charge in [-0.05, 0) is 32.5 Å². The minimum Gasteiger partial charge on any atom is -0.395 e. The van der Waals surface area contributed by atoms with Gasteiger partial charge in [0, 0.05) is 3.57 Å². The molecule has 0 atom stereocenters. The first-order chi connectivity index (χ1) is 5.11. The first-order valence-electron chi connectivity index (χ1n) is 2.66. The van der Waals surface area contributed by atoms with Crippen LogP contribution in [0.2, 0.25) is 0 Å². The van der Waals surface area contributed by atoms with Crippen LogP contribution in [0.25, 0.3) is 0 Å². The van der Waals surface area contributed by atoms with Crippen LogP contribution in [-0.2, 0) is 0 Å². The van der Waals surface area contributed by atoms with Crippen LogP contribution < -0.4 is 5.73 Å². The highest BCUT2D eigenvalue weighted by atomic mass is 127. The van der Waals surface area contributed by atoms with Gasteiger partial charge in [0.15, 0.2) is 6.20 Å². The first-order valence-corrected chi connectivity index (χ1v) is 3.74. The SMILES string of the molecule is Nc1cnc([N+](=O)[O-])cc1I. The second-order valence-corrected chi connectivity index (χ2v) is 2.98. The molecule has 58 valence electrons. The molecule has 11 heavy (non-hydrogen) atoms. The molecule has 0 aliphatic carbocycles. The van der Waals surface area contributed by atoms with Crippen molar-refractivity contribution >= 4 is 34.1 Å². The zero-order valence-corrected chi connectivity index (χ0v) is 7.48. The molecular weight excluding hydrogens is 261 g/mol. The smallest absolute Gasteiger partial charge is 0.364 e. The van der Waals surface area contributed by atoms with Crippen molar-refractivity contribution in [2.24, 2.45) is 0 Å². The minimum atomic E-state index is -0.554. The molecule has 0 aliphatic rings. The van der Waals surface area contributed by atoms with Gasteiger partial charge in [0.2, 0.25) is 0 Å². The summed E-state index contributed by atoms with van der Waals surface area (Å²) in [6.07, 6.45) is 1.28. The maximum absolute atomic E-state index is 10.2. The zero-order valence-electron chi connectivity index (χ0n) is 5.32. The summed E-state index contributed by atoms with van der Waals surface area (Å²) in [6.45, 7) is 0. The number of aromatic nitrogens is 1. The summed E-state index contributed by atoms with van der Waals surface area (Å²) in [5.74, 6) is -0.177. The molecule has 1 aromatic heterocycles. The summed E-state index contributed by atoms with van der Waals surface area (Å²) in [5, 5.41) is 10.2. The Balaban J connectivity index is 3.15. The van der Waals surface area contributed by atoms with Gasteiger partial charge in [0.1, 0.15) is 0 Å². The van der Waals surface area contributed by atoms with Gasteiger partial charge in [-0.3, -0.25) is 0 Å². The number of nitrogens with two attached hydrogens (primary N) is 1. The molecule has 5 nitrogen and oxygen atoms in total. The molecule has 0 aromatic carbocycles. The molecule has 0 unspecified atom stereocenters. The highest BCUT2D eigenvalue weighted by Crippen LogP contribution is 2.17. The number of nitrogens with zero attached hydrogens (tertiary/aromatic N) is 2. The number of nitro groups is 1. The maximum Gasteiger partial charge on any atom is 0.364 e. The summed E-state index contributed by atoms with van der Waals surface area (Å²) in [4.78, 5) is 13.1. The number of nitrogen functional groups attached to an aromatic ring is 1. The molecule has 6 heteroatoms. The molecule has 0 radical (unpaired) electrons. The van der Waals surface area contributed by atoms with E-state index in [2.05, 4.69) is 4.98 Å². The van der Waals surface area contributed by atoms with E-state index < -0.39 is 4.92 Å². The van der Waals surface area contributed by atoms with Gasteiger partial charge in [-0.25, -0.2) is 0 Å². The van der Waals surface area contributed by atoms with Crippen molar-refractivity contribution in [3.05, 3.63) is 25.9 Å². The van der Waals surface area contributed by atoms with Crippen molar-refractivity contribution in [3.63, 3.8) is 0 Å². The summed E-state index contributed by atoms with van der Waals surface area (Å²) >= 11 is 1.91. The Bertz CT molecular complexity index is 302. The molecule has 1 rings (SSSR count). The highest BCUT2D eigenvalue weighted by Gasteiger charge is 2.08. The fourth-order valence-corrected chi connectivity index (χ4v) is 0.949. The normalized spacial score (nSPS) is 9.55. The van der Waals surface area contributed by atoms with Crippen LogP contribution in [0.3, 0.4) is 0 Å². The molecule has 0 amide bonds. The Labute approximate surface area is 75.9 Å². The second kappa shape index (κ2) is 2.99. The van der Waals surface area contributed by atoms with Crippen LogP contribution in [0, 0.1) is 13.7 Å². The molecule has 2 N–H and O–H groups in total. The van der Waals surface area contributed by atoms with Crippen molar-refractivity contribution < 1.29 is 4.92 Å². The van der Waals surface area contributed by atoms with Crippen LogP contribution in [0.15, 0.2) is 12.3 Å². The average Bonchev–Trinajstić information content (AvgIpc) is 1.94. The predicted octanol–water partition coefficient (Wildman–Crippen LogP) is 1.18. The third-order valence-corrected chi connectivity index (χ3v) is 1.99. The van der Waals surface area contributed by atoms with Crippen molar-refractivity contribution in [2.45, 2.75) is 0 Å². The maximum atomic E-state index is 10.2. The summed E-state index contributed by atoms with van der Waals surface area (Å²) in [5.41, 5.74) is 5.85. The van der Waals surface area contributed by atoms with Crippen LogP contribution in [0.1, 0.15) is 0 Å². The van der Waals surface area contributed by atoms with Gasteiger partial charge in [-0.1, -0.05) is 0 Å². The van der Waals surface area contributed by atoms with Crippen LogP contribution >= 0.6 is 22.6 Å². The van der Waals surface area contributed by atoms with Crippen LogP contribution in [0.4, 0.5) is 11.5 Å². The Morgan fingerprint density at radius 1 is 1.73 bits per heavy atom. The van der Waals surface area contributed by atoms with E-state index in [1.165, 1.54) is 12.3 Å². The lowest BCUT2D eigenvalue weighted by atomic mass is 10.4. The summed E-state index contributed by atoms with van der Waals surface area (Å²) in [6, 6.07) is 1.33. The molecular formula is C5H4IN3O2. The lowest BCUT2D eigenvalue weighted by molar-refractivity contribution is -0.389. The van der Waals surface area contributed by atoms with Crippen molar-refractivity contribution in [1.29, 1.82) is 0 Å². The third kappa shape index (κ3) is 1.76. The molecule has 1 aromatic rings. The van der Waals surface area contributed by atoms with Crippen molar-refractivity contribution in [3.8, 4) is 0 Å². The van der Waals surface area contributed by atoms with Gasteiger partial charge >= 0.3 is 5.82 Å². The number of hydrogen-bond acceptors (Lipinski definition) is 4. The van der Waals surface area contributed by atoms with Crippen molar-refractivity contribution in [2.75, 3.05) is 5.73 Å². The monoisotopic (exact) mass is 265 g/mol. The van der Waals surface area contributed by atoms with Gasteiger partial charge in [0.25, 0.3) is 0 Å². The largest absolute Gasteiger partial charge is 0.395 e. The van der Waals surface area contributed by atoms with E-state index in [9.17, 15) is 10.1 Å². The standard InChI is InChI=1S/C5H4IN3O2/c6-3-1-5(9(10)11)8-2-4(3)7/h1-2H,7H2. The van der Waals surface area contributed by atoms with Crippen molar-refractivity contribution in [1.82, 2.24) is 4.98 Å². The van der Waals surface area contributed by atoms with E-state index in [1.54, 1.807) is 0 Å². The lowest BCUT2D eigenvalue weighted by Gasteiger charge is -1.94. The average molecular weight is 265 g/mol. The van der Waals surface area contributed by atoms with E-state index in [4.69, 9.17) is 5.73 Å². The summed E-state index contributed by atoms with van der Waals surface area (Å²) in [7, 11) is 0. The van der Waals surface area contributed by atoms with Gasteiger partial charge in [-0.2, -0.15) is 0 Å². The molecule has 0 spiro atoms.